The van der Waals surface area contributed by atoms with Gasteiger partial charge in [0.05, 0.1) is 6.20 Å². The fourth-order valence-electron chi connectivity index (χ4n) is 1.77. The molecule has 0 aliphatic carbocycles. The first-order valence-electron chi connectivity index (χ1n) is 6.43. The van der Waals surface area contributed by atoms with Crippen molar-refractivity contribution in [3.63, 3.8) is 0 Å². The lowest BCUT2D eigenvalue weighted by atomic mass is 10.1. The molecule has 9 heteroatoms. The summed E-state index contributed by atoms with van der Waals surface area (Å²) in [6, 6.07) is 4.60. The minimum atomic E-state index is -3.35. The molecule has 0 aliphatic heterocycles. The molecule has 0 saturated heterocycles. The minimum absolute atomic E-state index is 0.0785. The maximum Gasteiger partial charge on any atom is 0.308 e. The van der Waals surface area contributed by atoms with Crippen LogP contribution >= 0.6 is 11.3 Å². The summed E-state index contributed by atoms with van der Waals surface area (Å²) in [5.41, 5.74) is 0.984. The van der Waals surface area contributed by atoms with E-state index in [1.54, 1.807) is 13.0 Å². The van der Waals surface area contributed by atoms with Crippen molar-refractivity contribution in [2.75, 3.05) is 11.6 Å². The predicted octanol–water partition coefficient (Wildman–Crippen LogP) is 2.03. The summed E-state index contributed by atoms with van der Waals surface area (Å²) in [5, 5.41) is 2.74. The second-order valence-electron chi connectivity index (χ2n) is 4.78. The number of esters is 1. The van der Waals surface area contributed by atoms with Gasteiger partial charge in [-0.2, -0.15) is 0 Å². The first-order valence-corrected chi connectivity index (χ1v) is 9.14. The molecule has 0 unspecified atom stereocenters. The lowest BCUT2D eigenvalue weighted by Crippen LogP contribution is -2.13. The standard InChI is InChI=1S/C14H14N2O5S2/c1-8-6-10(21-9(2)17)4-5-11(8)13(18)16-14-15-7-12(22-14)23(3,19)20/h4-7H,1-3H3,(H,15,16,18). The van der Waals surface area contributed by atoms with Crippen LogP contribution in [0.5, 0.6) is 5.75 Å². The topological polar surface area (TPSA) is 102 Å². The van der Waals surface area contributed by atoms with E-state index in [1.807, 2.05) is 0 Å². The number of benzene rings is 1. The average molecular weight is 354 g/mol. The molecule has 1 aromatic carbocycles. The second-order valence-corrected chi connectivity index (χ2v) is 8.05. The van der Waals surface area contributed by atoms with Crippen molar-refractivity contribution >= 4 is 38.2 Å². The molecule has 1 amide bonds. The molecular weight excluding hydrogens is 340 g/mol. The second kappa shape index (κ2) is 6.47. The van der Waals surface area contributed by atoms with E-state index in [0.717, 1.165) is 17.6 Å². The Morgan fingerprint density at radius 1 is 1.30 bits per heavy atom. The van der Waals surface area contributed by atoms with E-state index in [0.29, 0.717) is 16.9 Å². The zero-order valence-corrected chi connectivity index (χ0v) is 14.2. The number of aryl methyl sites for hydroxylation is 1. The maximum absolute atomic E-state index is 12.2. The van der Waals surface area contributed by atoms with Crippen molar-refractivity contribution in [1.29, 1.82) is 0 Å². The molecular formula is C14H14N2O5S2. The monoisotopic (exact) mass is 354 g/mol. The third-order valence-electron chi connectivity index (χ3n) is 2.77. The molecule has 2 rings (SSSR count). The molecule has 122 valence electrons. The van der Waals surface area contributed by atoms with Crippen molar-refractivity contribution in [3.8, 4) is 5.75 Å². The number of nitrogens with one attached hydrogen (secondary N) is 1. The molecule has 0 bridgehead atoms. The van der Waals surface area contributed by atoms with Crippen molar-refractivity contribution < 1.29 is 22.7 Å². The molecule has 0 atom stereocenters. The van der Waals surface area contributed by atoms with Gasteiger partial charge in [0.2, 0.25) is 0 Å². The predicted molar refractivity (Wildman–Crippen MR) is 85.7 cm³/mol. The molecule has 0 aliphatic rings. The van der Waals surface area contributed by atoms with Crippen molar-refractivity contribution in [1.82, 2.24) is 4.98 Å². The SMILES string of the molecule is CC(=O)Oc1ccc(C(=O)Nc2ncc(S(C)(=O)=O)s2)c(C)c1. The van der Waals surface area contributed by atoms with Crippen molar-refractivity contribution in [2.24, 2.45) is 0 Å². The van der Waals surface area contributed by atoms with E-state index in [9.17, 15) is 18.0 Å². The number of amides is 1. The lowest BCUT2D eigenvalue weighted by molar-refractivity contribution is -0.131. The van der Waals surface area contributed by atoms with E-state index in [4.69, 9.17) is 4.74 Å². The van der Waals surface area contributed by atoms with Gasteiger partial charge in [-0.05, 0) is 30.7 Å². The number of carbonyl (C=O) groups excluding carboxylic acids is 2. The molecule has 1 N–H and O–H groups in total. The summed E-state index contributed by atoms with van der Waals surface area (Å²) in [7, 11) is -3.35. The normalized spacial score (nSPS) is 11.1. The van der Waals surface area contributed by atoms with E-state index in [-0.39, 0.29) is 9.34 Å². The van der Waals surface area contributed by atoms with Crippen LogP contribution in [0, 0.1) is 6.92 Å². The van der Waals surface area contributed by atoms with Crippen LogP contribution < -0.4 is 10.1 Å². The van der Waals surface area contributed by atoms with Crippen LogP contribution in [0.25, 0.3) is 0 Å². The van der Waals surface area contributed by atoms with E-state index < -0.39 is 21.7 Å². The van der Waals surface area contributed by atoms with Gasteiger partial charge in [0.1, 0.15) is 9.96 Å². The third-order valence-corrected chi connectivity index (χ3v) is 5.48. The Kier molecular flexibility index (Phi) is 4.81. The maximum atomic E-state index is 12.2. The average Bonchev–Trinajstić information content (AvgIpc) is 2.86. The van der Waals surface area contributed by atoms with Crippen molar-refractivity contribution in [3.05, 3.63) is 35.5 Å². The highest BCUT2D eigenvalue weighted by molar-refractivity contribution is 7.92. The number of sulfone groups is 1. The highest BCUT2D eigenvalue weighted by atomic mass is 32.2. The summed E-state index contributed by atoms with van der Waals surface area (Å²) >= 11 is 0.880. The summed E-state index contributed by atoms with van der Waals surface area (Å²) < 4.78 is 27.8. The Morgan fingerprint density at radius 3 is 2.52 bits per heavy atom. The van der Waals surface area contributed by atoms with Crippen LogP contribution in [-0.4, -0.2) is 31.5 Å². The number of ether oxygens (including phenoxy) is 1. The number of hydrogen-bond acceptors (Lipinski definition) is 7. The first-order chi connectivity index (χ1) is 10.7. The number of hydrogen-bond donors (Lipinski definition) is 1. The minimum Gasteiger partial charge on any atom is -0.427 e. The van der Waals surface area contributed by atoms with Gasteiger partial charge >= 0.3 is 5.97 Å². The van der Waals surface area contributed by atoms with E-state index >= 15 is 0 Å². The number of nitrogens with zero attached hydrogens (tertiary/aromatic N) is 1. The van der Waals surface area contributed by atoms with Gasteiger partial charge in [-0.15, -0.1) is 0 Å². The number of aromatic nitrogens is 1. The molecule has 0 fully saturated rings. The lowest BCUT2D eigenvalue weighted by Gasteiger charge is -2.07. The molecule has 2 aromatic rings. The van der Waals surface area contributed by atoms with Crippen LogP contribution in [0.15, 0.2) is 28.6 Å². The van der Waals surface area contributed by atoms with Gasteiger partial charge in [-0.25, -0.2) is 13.4 Å². The van der Waals surface area contributed by atoms with Crippen LogP contribution in [0.3, 0.4) is 0 Å². The Bertz CT molecular complexity index is 871. The molecule has 1 heterocycles. The van der Waals surface area contributed by atoms with Crippen LogP contribution in [0.1, 0.15) is 22.8 Å². The number of carbonyl (C=O) groups is 2. The Hall–Kier alpha value is -2.26. The summed E-state index contributed by atoms with van der Waals surface area (Å²) in [6.45, 7) is 2.99. The largest absolute Gasteiger partial charge is 0.427 e. The summed E-state index contributed by atoms with van der Waals surface area (Å²) in [6.07, 6.45) is 2.27. The zero-order chi connectivity index (χ0) is 17.2. The number of rotatable bonds is 4. The van der Waals surface area contributed by atoms with Gasteiger partial charge in [-0.3, -0.25) is 14.9 Å². The quantitative estimate of drug-likeness (QED) is 0.666. The fourth-order valence-corrected chi connectivity index (χ4v) is 3.40. The van der Waals surface area contributed by atoms with Gasteiger partial charge in [0, 0.05) is 18.7 Å². The number of anilines is 1. The molecule has 0 spiro atoms. The van der Waals surface area contributed by atoms with E-state index in [2.05, 4.69) is 10.3 Å². The molecule has 23 heavy (non-hydrogen) atoms. The van der Waals surface area contributed by atoms with Gasteiger partial charge in [0.15, 0.2) is 15.0 Å². The highest BCUT2D eigenvalue weighted by Crippen LogP contribution is 2.24. The van der Waals surface area contributed by atoms with Gasteiger partial charge < -0.3 is 4.74 Å². The third kappa shape index (κ3) is 4.36. The van der Waals surface area contributed by atoms with E-state index in [1.165, 1.54) is 25.3 Å². The highest BCUT2D eigenvalue weighted by Gasteiger charge is 2.16. The smallest absolute Gasteiger partial charge is 0.308 e. The summed E-state index contributed by atoms with van der Waals surface area (Å²) in [5.74, 6) is -0.524. The molecule has 7 nitrogen and oxygen atoms in total. The Morgan fingerprint density at radius 2 is 2.00 bits per heavy atom. The molecule has 1 aromatic heterocycles. The van der Waals surface area contributed by atoms with Crippen LogP contribution in [0.4, 0.5) is 5.13 Å². The van der Waals surface area contributed by atoms with Crippen LogP contribution in [0.2, 0.25) is 0 Å². The fraction of sp³-hybridized carbons (Fsp3) is 0.214. The molecule has 0 radical (unpaired) electrons. The summed E-state index contributed by atoms with van der Waals surface area (Å²) in [4.78, 5) is 27.0. The van der Waals surface area contributed by atoms with Crippen LogP contribution in [-0.2, 0) is 14.6 Å². The van der Waals surface area contributed by atoms with Crippen molar-refractivity contribution in [2.45, 2.75) is 18.1 Å². The Balaban J connectivity index is 2.18. The first kappa shape index (κ1) is 17.1. The Labute approximate surface area is 137 Å². The van der Waals surface area contributed by atoms with Gasteiger partial charge in [-0.1, -0.05) is 11.3 Å². The van der Waals surface area contributed by atoms with Gasteiger partial charge in [0.25, 0.3) is 5.91 Å². The number of thiazole rings is 1. The zero-order valence-electron chi connectivity index (χ0n) is 12.6. The molecule has 0 saturated carbocycles.